The molecule has 0 N–H and O–H groups in total. The molecule has 0 aromatic heterocycles. The zero-order valence-electron chi connectivity index (χ0n) is 21.4. The van der Waals surface area contributed by atoms with E-state index in [4.69, 9.17) is 47.3 Å². The third-order valence-corrected chi connectivity index (χ3v) is 7.44. The van der Waals surface area contributed by atoms with Gasteiger partial charge in [0, 0.05) is 28.1 Å². The number of methoxy groups -OCH3 is 2. The molecule has 0 bridgehead atoms. The average molecular weight is 561 g/mol. The first kappa shape index (κ1) is 25.4. The first-order chi connectivity index (χ1) is 19.0. The van der Waals surface area contributed by atoms with E-state index in [0.29, 0.717) is 40.3 Å². The summed E-state index contributed by atoms with van der Waals surface area (Å²) in [5.41, 5.74) is 4.80. The van der Waals surface area contributed by atoms with E-state index in [1.807, 2.05) is 83.9 Å². The number of fused-ring (bicyclic) bond motifs is 3. The maximum Gasteiger partial charge on any atom is 0.213 e. The molecule has 0 fully saturated rings. The van der Waals surface area contributed by atoms with E-state index in [9.17, 15) is 0 Å². The van der Waals surface area contributed by atoms with Gasteiger partial charge in [-0.2, -0.15) is 5.10 Å². The smallest absolute Gasteiger partial charge is 0.213 e. The van der Waals surface area contributed by atoms with E-state index < -0.39 is 6.23 Å². The molecule has 0 saturated heterocycles. The minimum Gasteiger partial charge on any atom is -0.493 e. The number of halogens is 2. The Bertz CT molecular complexity index is 1530. The quantitative estimate of drug-likeness (QED) is 0.230. The van der Waals surface area contributed by atoms with Crippen LogP contribution in [0.25, 0.3) is 0 Å². The van der Waals surface area contributed by atoms with Crippen LogP contribution in [0.2, 0.25) is 10.0 Å². The van der Waals surface area contributed by atoms with Crippen molar-refractivity contribution in [2.24, 2.45) is 5.10 Å². The van der Waals surface area contributed by atoms with Gasteiger partial charge in [-0.1, -0.05) is 53.5 Å². The summed E-state index contributed by atoms with van der Waals surface area (Å²) in [5.74, 6) is 2.71. The first-order valence-electron chi connectivity index (χ1n) is 12.5. The van der Waals surface area contributed by atoms with Gasteiger partial charge in [0.25, 0.3) is 0 Å². The number of rotatable bonds is 7. The van der Waals surface area contributed by atoms with Gasteiger partial charge < -0.3 is 18.9 Å². The maximum absolute atomic E-state index is 6.63. The van der Waals surface area contributed by atoms with Crippen molar-refractivity contribution in [2.45, 2.75) is 25.3 Å². The van der Waals surface area contributed by atoms with E-state index in [1.165, 1.54) is 0 Å². The zero-order chi connectivity index (χ0) is 26.9. The lowest BCUT2D eigenvalue weighted by Gasteiger charge is -2.38. The zero-order valence-corrected chi connectivity index (χ0v) is 22.9. The highest BCUT2D eigenvalue weighted by atomic mass is 35.5. The molecule has 0 aliphatic carbocycles. The molecule has 0 saturated carbocycles. The second kappa shape index (κ2) is 10.7. The second-order valence-corrected chi connectivity index (χ2v) is 10.2. The minimum absolute atomic E-state index is 0.105. The normalized spacial score (nSPS) is 17.5. The van der Waals surface area contributed by atoms with Crippen molar-refractivity contribution in [3.05, 3.63) is 117 Å². The molecule has 2 aliphatic rings. The number of benzene rings is 4. The number of nitrogens with zero attached hydrogens (tertiary/aromatic N) is 2. The van der Waals surface area contributed by atoms with Gasteiger partial charge in [-0.3, -0.25) is 0 Å². The minimum atomic E-state index is -0.484. The highest BCUT2D eigenvalue weighted by molar-refractivity contribution is 6.35. The molecule has 6 nitrogen and oxygen atoms in total. The van der Waals surface area contributed by atoms with Gasteiger partial charge in [-0.15, -0.1) is 0 Å². The summed E-state index contributed by atoms with van der Waals surface area (Å²) in [6.45, 7) is 0.497. The van der Waals surface area contributed by atoms with Crippen LogP contribution in [0.15, 0.2) is 90.0 Å². The predicted molar refractivity (Wildman–Crippen MR) is 152 cm³/mol. The van der Waals surface area contributed by atoms with Crippen molar-refractivity contribution < 1.29 is 18.9 Å². The van der Waals surface area contributed by atoms with Crippen molar-refractivity contribution in [3.8, 4) is 23.0 Å². The molecule has 6 rings (SSSR count). The Morgan fingerprint density at radius 1 is 0.897 bits per heavy atom. The average Bonchev–Trinajstić information content (AvgIpc) is 3.42. The molecule has 0 amide bonds. The standard InChI is InChI=1S/C31H26Cl2N2O4/c1-36-28-13-10-21(14-29(28)37-2)26-17-27-24-15-22(32)16-25(33)30(24)39-31(35(27)34-26)20-8-11-23(12-9-20)38-18-19-6-4-3-5-7-19/h3-16,27,31H,17-18H2,1-2H3/t27-,31+/m0/s1. The summed E-state index contributed by atoms with van der Waals surface area (Å²) < 4.78 is 23.4. The Labute approximate surface area is 237 Å². The lowest BCUT2D eigenvalue weighted by Crippen LogP contribution is -2.33. The molecule has 0 spiro atoms. The molecule has 2 heterocycles. The Morgan fingerprint density at radius 3 is 2.41 bits per heavy atom. The van der Waals surface area contributed by atoms with Crippen LogP contribution in [0.1, 0.15) is 40.9 Å². The molecule has 4 aromatic carbocycles. The Balaban J connectivity index is 1.33. The van der Waals surface area contributed by atoms with Gasteiger partial charge in [0.2, 0.25) is 6.23 Å². The lowest BCUT2D eigenvalue weighted by atomic mass is 9.95. The second-order valence-electron chi connectivity index (χ2n) is 9.34. The molecule has 0 radical (unpaired) electrons. The van der Waals surface area contributed by atoms with Crippen LogP contribution in [-0.4, -0.2) is 24.9 Å². The third kappa shape index (κ3) is 4.98. The SMILES string of the molecule is COc1ccc(C2=NN3[C@@H](c4ccc(OCc5ccccc5)cc4)Oc4c(Cl)cc(Cl)cc4[C@@H]3C2)cc1OC. The Hall–Kier alpha value is -3.87. The third-order valence-electron chi connectivity index (χ3n) is 6.94. The fourth-order valence-corrected chi connectivity index (χ4v) is 5.55. The van der Waals surface area contributed by atoms with Crippen LogP contribution in [0.3, 0.4) is 0 Å². The van der Waals surface area contributed by atoms with Crippen LogP contribution >= 0.6 is 23.2 Å². The van der Waals surface area contributed by atoms with Gasteiger partial charge in [0.1, 0.15) is 18.1 Å². The maximum atomic E-state index is 6.63. The van der Waals surface area contributed by atoms with Gasteiger partial charge in [0.05, 0.1) is 31.0 Å². The van der Waals surface area contributed by atoms with Crippen LogP contribution in [0, 0.1) is 0 Å². The summed E-state index contributed by atoms with van der Waals surface area (Å²) >= 11 is 13.0. The van der Waals surface area contributed by atoms with Crippen LogP contribution in [0.5, 0.6) is 23.0 Å². The monoisotopic (exact) mass is 560 g/mol. The fourth-order valence-electron chi connectivity index (χ4n) is 4.99. The topological polar surface area (TPSA) is 52.5 Å². The highest BCUT2D eigenvalue weighted by Crippen LogP contribution is 2.51. The van der Waals surface area contributed by atoms with E-state index in [2.05, 4.69) is 0 Å². The van der Waals surface area contributed by atoms with E-state index in [-0.39, 0.29) is 6.04 Å². The molecule has 0 unspecified atom stereocenters. The summed E-state index contributed by atoms with van der Waals surface area (Å²) in [6, 6.07) is 27.3. The van der Waals surface area contributed by atoms with Gasteiger partial charge in [-0.25, -0.2) is 5.01 Å². The number of hydrogen-bond donors (Lipinski definition) is 0. The van der Waals surface area contributed by atoms with Gasteiger partial charge in [0.15, 0.2) is 11.5 Å². The number of hydrogen-bond acceptors (Lipinski definition) is 6. The van der Waals surface area contributed by atoms with Crippen LogP contribution in [-0.2, 0) is 6.61 Å². The van der Waals surface area contributed by atoms with E-state index in [1.54, 1.807) is 20.3 Å². The van der Waals surface area contributed by atoms with E-state index >= 15 is 0 Å². The Kier molecular flexibility index (Phi) is 6.98. The number of ether oxygens (including phenoxy) is 4. The van der Waals surface area contributed by atoms with Crippen LogP contribution < -0.4 is 18.9 Å². The van der Waals surface area contributed by atoms with E-state index in [0.717, 1.165) is 33.7 Å². The summed E-state index contributed by atoms with van der Waals surface area (Å²) in [4.78, 5) is 0. The van der Waals surface area contributed by atoms with Crippen LogP contribution in [0.4, 0.5) is 0 Å². The van der Waals surface area contributed by atoms with Gasteiger partial charge in [-0.05, 0) is 60.2 Å². The molecule has 2 aliphatic heterocycles. The summed E-state index contributed by atoms with van der Waals surface area (Å²) in [7, 11) is 3.24. The molecule has 4 aromatic rings. The summed E-state index contributed by atoms with van der Waals surface area (Å²) in [6.07, 6.45) is 0.166. The highest BCUT2D eigenvalue weighted by Gasteiger charge is 2.42. The Morgan fingerprint density at radius 2 is 1.67 bits per heavy atom. The summed E-state index contributed by atoms with van der Waals surface area (Å²) in [5, 5.41) is 8.06. The van der Waals surface area contributed by atoms with Crippen molar-refractivity contribution in [2.75, 3.05) is 14.2 Å². The predicted octanol–water partition coefficient (Wildman–Crippen LogP) is 7.83. The molecule has 2 atom stereocenters. The molecule has 198 valence electrons. The molecule has 8 heteroatoms. The van der Waals surface area contributed by atoms with Crippen molar-refractivity contribution in [3.63, 3.8) is 0 Å². The number of hydrazone groups is 1. The first-order valence-corrected chi connectivity index (χ1v) is 13.3. The molecule has 39 heavy (non-hydrogen) atoms. The molecular formula is C31H26Cl2N2O4. The molecular weight excluding hydrogens is 535 g/mol. The van der Waals surface area contributed by atoms with Crippen molar-refractivity contribution >= 4 is 28.9 Å². The lowest BCUT2D eigenvalue weighted by molar-refractivity contribution is -0.0189. The van der Waals surface area contributed by atoms with Crippen molar-refractivity contribution in [1.82, 2.24) is 5.01 Å². The van der Waals surface area contributed by atoms with Crippen molar-refractivity contribution in [1.29, 1.82) is 0 Å². The van der Waals surface area contributed by atoms with Gasteiger partial charge >= 0.3 is 0 Å². The fraction of sp³-hybridized carbons (Fsp3) is 0.194. The largest absolute Gasteiger partial charge is 0.493 e.